The van der Waals surface area contributed by atoms with Crippen LogP contribution in [0.2, 0.25) is 0 Å². The van der Waals surface area contributed by atoms with Gasteiger partial charge in [-0.1, -0.05) is 26.7 Å². The lowest BCUT2D eigenvalue weighted by Crippen LogP contribution is -2.49. The molecule has 5 nitrogen and oxygen atoms in total. The van der Waals surface area contributed by atoms with Gasteiger partial charge in [0.1, 0.15) is 6.04 Å². The summed E-state index contributed by atoms with van der Waals surface area (Å²) in [4.78, 5) is 26.9. The standard InChI is InChI=1S/C14H26N2O3/c1-4-11(5-2)10-15(6-3)14(19)16-9-7-8-12(16)13(17)18/h11-12H,4-10H2,1-3H3,(H,17,18)/t12-/m1/s1. The van der Waals surface area contributed by atoms with Crippen molar-refractivity contribution in [3.05, 3.63) is 0 Å². The van der Waals surface area contributed by atoms with Crippen molar-refractivity contribution in [3.63, 3.8) is 0 Å². The Morgan fingerprint density at radius 1 is 1.32 bits per heavy atom. The number of carbonyl (C=O) groups excluding carboxylic acids is 1. The van der Waals surface area contributed by atoms with E-state index >= 15 is 0 Å². The van der Waals surface area contributed by atoms with E-state index in [1.807, 2.05) is 6.92 Å². The number of hydrogen-bond acceptors (Lipinski definition) is 2. The Morgan fingerprint density at radius 3 is 2.42 bits per heavy atom. The van der Waals surface area contributed by atoms with Gasteiger partial charge in [-0.2, -0.15) is 0 Å². The van der Waals surface area contributed by atoms with E-state index in [-0.39, 0.29) is 6.03 Å². The van der Waals surface area contributed by atoms with Gasteiger partial charge in [-0.05, 0) is 25.7 Å². The third kappa shape index (κ3) is 3.85. The Balaban J connectivity index is 2.69. The molecule has 1 heterocycles. The zero-order valence-corrected chi connectivity index (χ0v) is 12.3. The van der Waals surface area contributed by atoms with E-state index in [0.717, 1.165) is 25.8 Å². The van der Waals surface area contributed by atoms with E-state index in [9.17, 15) is 9.59 Å². The van der Waals surface area contributed by atoms with Crippen molar-refractivity contribution in [1.29, 1.82) is 0 Å². The third-order valence-electron chi connectivity index (χ3n) is 4.07. The Labute approximate surface area is 115 Å². The predicted octanol–water partition coefficient (Wildman–Crippen LogP) is 2.41. The molecule has 0 saturated carbocycles. The molecule has 1 atom stereocenters. The summed E-state index contributed by atoms with van der Waals surface area (Å²) in [5, 5.41) is 9.15. The van der Waals surface area contributed by atoms with Crippen LogP contribution in [0.4, 0.5) is 4.79 Å². The number of hydrogen-bond donors (Lipinski definition) is 1. The summed E-state index contributed by atoms with van der Waals surface area (Å²) >= 11 is 0. The number of amides is 2. The quantitative estimate of drug-likeness (QED) is 0.806. The van der Waals surface area contributed by atoms with Crippen molar-refractivity contribution in [2.45, 2.75) is 52.5 Å². The minimum absolute atomic E-state index is 0.112. The Morgan fingerprint density at radius 2 is 1.95 bits per heavy atom. The molecule has 1 saturated heterocycles. The van der Waals surface area contributed by atoms with Crippen LogP contribution in [0.5, 0.6) is 0 Å². The highest BCUT2D eigenvalue weighted by atomic mass is 16.4. The number of nitrogens with zero attached hydrogens (tertiary/aromatic N) is 2. The maximum Gasteiger partial charge on any atom is 0.326 e. The SMILES string of the molecule is CCC(CC)CN(CC)C(=O)N1CCC[C@@H]1C(=O)O. The lowest BCUT2D eigenvalue weighted by molar-refractivity contribution is -0.141. The highest BCUT2D eigenvalue weighted by Gasteiger charge is 2.36. The van der Waals surface area contributed by atoms with Crippen LogP contribution in [-0.2, 0) is 4.79 Å². The lowest BCUT2D eigenvalue weighted by Gasteiger charge is -2.31. The van der Waals surface area contributed by atoms with Crippen molar-refractivity contribution < 1.29 is 14.7 Å². The first-order chi connectivity index (χ1) is 9.04. The monoisotopic (exact) mass is 270 g/mol. The van der Waals surface area contributed by atoms with E-state index in [0.29, 0.717) is 25.4 Å². The van der Waals surface area contributed by atoms with Crippen molar-refractivity contribution in [1.82, 2.24) is 9.80 Å². The van der Waals surface area contributed by atoms with Crippen LogP contribution < -0.4 is 0 Å². The topological polar surface area (TPSA) is 60.9 Å². The van der Waals surface area contributed by atoms with E-state index in [1.165, 1.54) is 4.90 Å². The van der Waals surface area contributed by atoms with Gasteiger partial charge in [0.15, 0.2) is 0 Å². The van der Waals surface area contributed by atoms with Crippen LogP contribution in [0.1, 0.15) is 46.5 Å². The maximum absolute atomic E-state index is 12.4. The second kappa shape index (κ2) is 7.36. The molecule has 0 aliphatic carbocycles. The molecule has 1 aliphatic rings. The smallest absolute Gasteiger partial charge is 0.326 e. The molecule has 19 heavy (non-hydrogen) atoms. The van der Waals surface area contributed by atoms with Crippen molar-refractivity contribution in [3.8, 4) is 0 Å². The average molecular weight is 270 g/mol. The molecule has 0 unspecified atom stereocenters. The minimum atomic E-state index is -0.885. The highest BCUT2D eigenvalue weighted by Crippen LogP contribution is 2.20. The summed E-state index contributed by atoms with van der Waals surface area (Å²) < 4.78 is 0. The van der Waals surface area contributed by atoms with Gasteiger partial charge >= 0.3 is 12.0 Å². The van der Waals surface area contributed by atoms with Gasteiger partial charge in [-0.3, -0.25) is 0 Å². The van der Waals surface area contributed by atoms with Gasteiger partial charge in [0.25, 0.3) is 0 Å². The number of aliphatic carboxylic acids is 1. The van der Waals surface area contributed by atoms with Crippen LogP contribution in [-0.4, -0.2) is 52.6 Å². The Hall–Kier alpha value is -1.26. The molecule has 1 aliphatic heterocycles. The molecular weight excluding hydrogens is 244 g/mol. The summed E-state index contributed by atoms with van der Waals surface area (Å²) in [7, 11) is 0. The van der Waals surface area contributed by atoms with E-state index < -0.39 is 12.0 Å². The number of likely N-dealkylation sites (tertiary alicyclic amines) is 1. The molecule has 0 radical (unpaired) electrons. The molecule has 0 aromatic heterocycles. The number of carboxylic acids is 1. The Bertz CT molecular complexity index is 316. The van der Waals surface area contributed by atoms with Gasteiger partial charge in [0.05, 0.1) is 0 Å². The predicted molar refractivity (Wildman–Crippen MR) is 74.1 cm³/mol. The summed E-state index contributed by atoms with van der Waals surface area (Å²) in [6, 6.07) is -0.748. The number of carboxylic acid groups (broad SMARTS) is 1. The second-order valence-electron chi connectivity index (χ2n) is 5.19. The van der Waals surface area contributed by atoms with E-state index in [1.54, 1.807) is 4.90 Å². The molecule has 110 valence electrons. The third-order valence-corrected chi connectivity index (χ3v) is 4.07. The fourth-order valence-corrected chi connectivity index (χ4v) is 2.64. The molecule has 0 spiro atoms. The first-order valence-electron chi connectivity index (χ1n) is 7.33. The van der Waals surface area contributed by atoms with Gasteiger partial charge < -0.3 is 14.9 Å². The summed E-state index contributed by atoms with van der Waals surface area (Å²) in [5.41, 5.74) is 0. The van der Waals surface area contributed by atoms with Crippen molar-refractivity contribution >= 4 is 12.0 Å². The number of urea groups is 1. The van der Waals surface area contributed by atoms with Crippen LogP contribution in [0, 0.1) is 5.92 Å². The van der Waals surface area contributed by atoms with Crippen LogP contribution in [0.25, 0.3) is 0 Å². The van der Waals surface area contributed by atoms with Crippen molar-refractivity contribution in [2.24, 2.45) is 5.92 Å². The zero-order valence-electron chi connectivity index (χ0n) is 12.3. The lowest BCUT2D eigenvalue weighted by atomic mass is 10.0. The molecule has 1 N–H and O–H groups in total. The summed E-state index contributed by atoms with van der Waals surface area (Å²) in [5.74, 6) is -0.390. The summed E-state index contributed by atoms with van der Waals surface area (Å²) in [6.07, 6.45) is 3.44. The fraction of sp³-hybridized carbons (Fsp3) is 0.857. The van der Waals surface area contributed by atoms with Gasteiger partial charge in [0.2, 0.25) is 0 Å². The number of rotatable bonds is 6. The fourth-order valence-electron chi connectivity index (χ4n) is 2.64. The molecule has 1 fully saturated rings. The zero-order chi connectivity index (χ0) is 14.4. The summed E-state index contributed by atoms with van der Waals surface area (Å²) in [6.45, 7) is 8.13. The minimum Gasteiger partial charge on any atom is -0.480 e. The first kappa shape index (κ1) is 15.8. The van der Waals surface area contributed by atoms with E-state index in [2.05, 4.69) is 13.8 Å². The molecule has 2 amide bonds. The van der Waals surface area contributed by atoms with Gasteiger partial charge in [-0.15, -0.1) is 0 Å². The first-order valence-corrected chi connectivity index (χ1v) is 7.33. The normalized spacial score (nSPS) is 18.9. The van der Waals surface area contributed by atoms with Gasteiger partial charge in [-0.25, -0.2) is 9.59 Å². The molecule has 0 aromatic rings. The average Bonchev–Trinajstić information content (AvgIpc) is 2.89. The molecule has 0 bridgehead atoms. The molecule has 5 heteroatoms. The molecule has 0 aromatic carbocycles. The number of carbonyl (C=O) groups is 2. The van der Waals surface area contributed by atoms with Gasteiger partial charge in [0, 0.05) is 19.6 Å². The maximum atomic E-state index is 12.4. The van der Waals surface area contributed by atoms with Crippen LogP contribution in [0.3, 0.4) is 0 Å². The van der Waals surface area contributed by atoms with E-state index in [4.69, 9.17) is 5.11 Å². The molecule has 1 rings (SSSR count). The molecular formula is C14H26N2O3. The highest BCUT2D eigenvalue weighted by molar-refractivity contribution is 5.83. The Kier molecular flexibility index (Phi) is 6.12. The largest absolute Gasteiger partial charge is 0.480 e. The van der Waals surface area contributed by atoms with Crippen LogP contribution >= 0.6 is 0 Å². The van der Waals surface area contributed by atoms with Crippen molar-refractivity contribution in [2.75, 3.05) is 19.6 Å². The van der Waals surface area contributed by atoms with Crippen LogP contribution in [0.15, 0.2) is 0 Å². The second-order valence-corrected chi connectivity index (χ2v) is 5.19.